The minimum atomic E-state index is -3.81. The summed E-state index contributed by atoms with van der Waals surface area (Å²) < 4.78 is 64.8. The molecule has 1 amide bonds. The van der Waals surface area contributed by atoms with Crippen LogP contribution in [0.1, 0.15) is 32.6 Å². The van der Waals surface area contributed by atoms with Crippen molar-refractivity contribution in [2.75, 3.05) is 39.5 Å². The Balaban J connectivity index is 1.47. The summed E-state index contributed by atoms with van der Waals surface area (Å²) in [5.41, 5.74) is 0. The lowest BCUT2D eigenvalue weighted by Gasteiger charge is -2.26. The minimum Gasteiger partial charge on any atom is -0.379 e. The number of morpholine rings is 1. The van der Waals surface area contributed by atoms with Crippen LogP contribution in [-0.2, 0) is 34.3 Å². The Morgan fingerprint density at radius 2 is 1.75 bits per heavy atom. The van der Waals surface area contributed by atoms with Crippen molar-refractivity contribution >= 4 is 26.0 Å². The lowest BCUT2D eigenvalue weighted by molar-refractivity contribution is -0.122. The van der Waals surface area contributed by atoms with Crippen molar-refractivity contribution in [3.05, 3.63) is 24.3 Å². The first kappa shape index (κ1) is 25.1. The van der Waals surface area contributed by atoms with Gasteiger partial charge in [-0.2, -0.15) is 4.31 Å². The highest BCUT2D eigenvalue weighted by molar-refractivity contribution is 7.89. The number of ether oxygens (including phenoxy) is 2. The molecule has 2 N–H and O–H groups in total. The van der Waals surface area contributed by atoms with Gasteiger partial charge in [-0.25, -0.2) is 21.6 Å². The third kappa shape index (κ3) is 6.49. The maximum Gasteiger partial charge on any atom is 0.243 e. The third-order valence-electron chi connectivity index (χ3n) is 5.53. The number of amides is 1. The Bertz CT molecular complexity index is 969. The first-order valence-corrected chi connectivity index (χ1v) is 13.7. The fourth-order valence-electron chi connectivity index (χ4n) is 3.68. The topological polar surface area (TPSA) is 131 Å². The molecule has 3 rings (SSSR count). The molecule has 0 saturated carbocycles. The van der Waals surface area contributed by atoms with Crippen molar-refractivity contribution in [1.82, 2.24) is 14.3 Å². The number of nitrogens with zero attached hydrogens (tertiary/aromatic N) is 1. The Morgan fingerprint density at radius 1 is 1.09 bits per heavy atom. The van der Waals surface area contributed by atoms with Crippen LogP contribution in [0.4, 0.5) is 0 Å². The Labute approximate surface area is 189 Å². The fourth-order valence-corrected chi connectivity index (χ4v) is 6.16. The van der Waals surface area contributed by atoms with E-state index in [4.69, 9.17) is 9.47 Å². The van der Waals surface area contributed by atoms with Crippen molar-refractivity contribution in [3.8, 4) is 0 Å². The van der Waals surface area contributed by atoms with E-state index in [1.807, 2.05) is 6.92 Å². The average Bonchev–Trinajstić information content (AvgIpc) is 3.33. The van der Waals surface area contributed by atoms with Gasteiger partial charge in [0, 0.05) is 32.7 Å². The molecule has 2 aliphatic heterocycles. The van der Waals surface area contributed by atoms with Crippen LogP contribution >= 0.6 is 0 Å². The molecule has 10 nitrogen and oxygen atoms in total. The van der Waals surface area contributed by atoms with Gasteiger partial charge in [0.05, 0.1) is 35.2 Å². The highest BCUT2D eigenvalue weighted by Gasteiger charge is 2.27. The van der Waals surface area contributed by atoms with Crippen LogP contribution in [0.25, 0.3) is 0 Å². The van der Waals surface area contributed by atoms with Gasteiger partial charge in [-0.05, 0) is 50.5 Å². The predicted molar refractivity (Wildman–Crippen MR) is 117 cm³/mol. The van der Waals surface area contributed by atoms with Gasteiger partial charge in [-0.15, -0.1) is 0 Å². The van der Waals surface area contributed by atoms with Crippen molar-refractivity contribution < 1.29 is 31.1 Å². The summed E-state index contributed by atoms with van der Waals surface area (Å²) in [4.78, 5) is 12.1. The van der Waals surface area contributed by atoms with Crippen LogP contribution in [-0.4, -0.2) is 78.6 Å². The molecule has 0 radical (unpaired) electrons. The summed E-state index contributed by atoms with van der Waals surface area (Å²) in [7, 11) is -7.50. The van der Waals surface area contributed by atoms with E-state index >= 15 is 0 Å². The van der Waals surface area contributed by atoms with E-state index in [1.165, 1.54) is 28.6 Å². The van der Waals surface area contributed by atoms with Crippen LogP contribution in [0.5, 0.6) is 0 Å². The van der Waals surface area contributed by atoms with Gasteiger partial charge in [-0.1, -0.05) is 0 Å². The van der Waals surface area contributed by atoms with E-state index in [2.05, 4.69) is 10.0 Å². The average molecular weight is 490 g/mol. The zero-order valence-electron chi connectivity index (χ0n) is 18.2. The molecular formula is C20H31N3O7S2. The van der Waals surface area contributed by atoms with Crippen molar-refractivity contribution in [1.29, 1.82) is 0 Å². The molecular weight excluding hydrogens is 458 g/mol. The molecule has 32 heavy (non-hydrogen) atoms. The number of carbonyl (C=O) groups is 1. The number of hydrogen-bond acceptors (Lipinski definition) is 7. The monoisotopic (exact) mass is 489 g/mol. The van der Waals surface area contributed by atoms with Crippen molar-refractivity contribution in [3.63, 3.8) is 0 Å². The second-order valence-corrected chi connectivity index (χ2v) is 11.6. The molecule has 0 spiro atoms. The molecule has 1 aromatic rings. The second kappa shape index (κ2) is 11.0. The van der Waals surface area contributed by atoms with E-state index in [1.54, 1.807) is 0 Å². The van der Waals surface area contributed by atoms with Gasteiger partial charge >= 0.3 is 0 Å². The molecule has 0 aliphatic carbocycles. The second-order valence-electron chi connectivity index (χ2n) is 7.90. The Kier molecular flexibility index (Phi) is 8.64. The lowest BCUT2D eigenvalue weighted by Crippen LogP contribution is -2.41. The fraction of sp³-hybridized carbons (Fsp3) is 0.650. The number of benzene rings is 1. The van der Waals surface area contributed by atoms with Gasteiger partial charge in [0.1, 0.15) is 0 Å². The molecule has 12 heteroatoms. The first-order valence-electron chi connectivity index (χ1n) is 10.8. The quantitative estimate of drug-likeness (QED) is 0.456. The maximum absolute atomic E-state index is 12.6. The van der Waals surface area contributed by atoms with Crippen LogP contribution in [0.2, 0.25) is 0 Å². The summed E-state index contributed by atoms with van der Waals surface area (Å²) in [5, 5.41) is 2.89. The lowest BCUT2D eigenvalue weighted by atomic mass is 10.1. The number of nitrogens with one attached hydrogen (secondary N) is 2. The normalized spacial score (nSPS) is 21.3. The zero-order chi connectivity index (χ0) is 23.2. The summed E-state index contributed by atoms with van der Waals surface area (Å²) in [6.45, 7) is 3.92. The van der Waals surface area contributed by atoms with Crippen LogP contribution in [0.15, 0.2) is 34.1 Å². The molecule has 2 fully saturated rings. The van der Waals surface area contributed by atoms with E-state index in [9.17, 15) is 21.6 Å². The maximum atomic E-state index is 12.6. The van der Waals surface area contributed by atoms with Gasteiger partial charge in [0.15, 0.2) is 0 Å². The van der Waals surface area contributed by atoms with Crippen LogP contribution in [0, 0.1) is 0 Å². The van der Waals surface area contributed by atoms with Crippen LogP contribution < -0.4 is 10.0 Å². The molecule has 180 valence electrons. The van der Waals surface area contributed by atoms with Gasteiger partial charge < -0.3 is 14.8 Å². The van der Waals surface area contributed by atoms with E-state index < -0.39 is 20.0 Å². The molecule has 0 aromatic heterocycles. The van der Waals surface area contributed by atoms with E-state index in [0.717, 1.165) is 12.8 Å². The van der Waals surface area contributed by atoms with E-state index in [0.29, 0.717) is 26.2 Å². The SMILES string of the molecule is CC(NC(=O)CCCNS(=O)(=O)c1ccc(S(=O)(=O)N2CCOCC2)cc1)C1CCCO1. The molecule has 0 bridgehead atoms. The molecule has 2 heterocycles. The van der Waals surface area contributed by atoms with Crippen molar-refractivity contribution in [2.24, 2.45) is 0 Å². The Morgan fingerprint density at radius 3 is 2.38 bits per heavy atom. The molecule has 2 unspecified atom stereocenters. The van der Waals surface area contributed by atoms with Crippen molar-refractivity contribution in [2.45, 2.75) is 54.5 Å². The largest absolute Gasteiger partial charge is 0.379 e. The van der Waals surface area contributed by atoms with Crippen LogP contribution in [0.3, 0.4) is 0 Å². The zero-order valence-corrected chi connectivity index (χ0v) is 19.8. The molecule has 2 aliphatic rings. The number of hydrogen-bond donors (Lipinski definition) is 2. The smallest absolute Gasteiger partial charge is 0.243 e. The van der Waals surface area contributed by atoms with E-state index in [-0.39, 0.29) is 53.9 Å². The third-order valence-corrected chi connectivity index (χ3v) is 8.92. The minimum absolute atomic E-state index is 0.0325. The summed E-state index contributed by atoms with van der Waals surface area (Å²) in [5.74, 6) is -0.148. The summed E-state index contributed by atoms with van der Waals surface area (Å²) in [6, 6.07) is 5.05. The number of carbonyl (C=O) groups excluding carboxylic acids is 1. The molecule has 2 atom stereocenters. The highest BCUT2D eigenvalue weighted by Crippen LogP contribution is 2.19. The van der Waals surface area contributed by atoms with Gasteiger partial charge in [0.2, 0.25) is 26.0 Å². The molecule has 2 saturated heterocycles. The first-order chi connectivity index (χ1) is 15.2. The molecule has 1 aromatic carbocycles. The number of sulfonamides is 2. The van der Waals surface area contributed by atoms with Gasteiger partial charge in [-0.3, -0.25) is 4.79 Å². The Hall–Kier alpha value is -1.57. The standard InChI is InChI=1S/C20H31N3O7S2/c1-16(19-4-3-13-30-19)22-20(24)5-2-10-21-31(25,26)17-6-8-18(9-7-17)32(27,28)23-11-14-29-15-12-23/h6-9,16,19,21H,2-5,10-15H2,1H3,(H,22,24). The highest BCUT2D eigenvalue weighted by atomic mass is 32.2. The van der Waals surface area contributed by atoms with Gasteiger partial charge in [0.25, 0.3) is 0 Å². The predicted octanol–water partition coefficient (Wildman–Crippen LogP) is 0.450. The summed E-state index contributed by atoms with van der Waals surface area (Å²) in [6.07, 6.45) is 2.48. The summed E-state index contributed by atoms with van der Waals surface area (Å²) >= 11 is 0. The number of rotatable bonds is 10.